The first-order valence-electron chi connectivity index (χ1n) is 26.9. The predicted molar refractivity (Wildman–Crippen MR) is 322 cm³/mol. The SMILES string of the molecule is Cc1cc(C)c(N2[C]N(c3ccccc3-c3ccccc3O)[C@H](c3ccccc3)[C@H]2c2ccccc2)c(C)c1.Cc1cc(C)c(N2[C]N(c3ccccc3-c3ccccc3O)[C@H](c3ccccc3)[C@H]2c2ccccc2)c(C)c1.[Ag].[Ag]. The molecular weight excluding hydrogens is 1170 g/mol. The number of aryl methyl sites for hydroxylation is 6. The summed E-state index contributed by atoms with van der Waals surface area (Å²) >= 11 is 0. The van der Waals surface area contributed by atoms with Crippen LogP contribution in [0.25, 0.3) is 22.3 Å². The number of para-hydroxylation sites is 4. The summed E-state index contributed by atoms with van der Waals surface area (Å²) in [6.07, 6.45) is 0. The van der Waals surface area contributed by atoms with E-state index in [1.54, 1.807) is 12.1 Å². The monoisotopic (exact) mass is 1230 g/mol. The molecule has 2 heterocycles. The Kier molecular flexibility index (Phi) is 18.1. The van der Waals surface area contributed by atoms with Crippen LogP contribution in [0.5, 0.6) is 11.5 Å². The molecule has 10 aromatic rings. The predicted octanol–water partition coefficient (Wildman–Crippen LogP) is 17.6. The maximum absolute atomic E-state index is 10.8. The summed E-state index contributed by atoms with van der Waals surface area (Å²) in [5.41, 5.74) is 20.2. The zero-order chi connectivity index (χ0) is 53.9. The number of phenolic OH excluding ortho intramolecular Hbond substituents is 2. The van der Waals surface area contributed by atoms with E-state index < -0.39 is 0 Å². The van der Waals surface area contributed by atoms with Gasteiger partial charge in [0.05, 0.1) is 24.2 Å². The van der Waals surface area contributed by atoms with E-state index in [0.29, 0.717) is 0 Å². The van der Waals surface area contributed by atoms with Gasteiger partial charge in [0.1, 0.15) is 11.5 Å². The largest absolute Gasteiger partial charge is 0.507 e. The Morgan fingerprint density at radius 2 is 0.525 bits per heavy atom. The molecule has 6 nitrogen and oxygen atoms in total. The smallest absolute Gasteiger partial charge is 0.210 e. The van der Waals surface area contributed by atoms with Crippen molar-refractivity contribution >= 4 is 22.7 Å². The zero-order valence-electron chi connectivity index (χ0n) is 45.7. The molecule has 10 aromatic carbocycles. The molecule has 0 amide bonds. The van der Waals surface area contributed by atoms with Crippen LogP contribution in [0, 0.1) is 54.9 Å². The van der Waals surface area contributed by atoms with E-state index in [1.165, 1.54) is 67.0 Å². The van der Waals surface area contributed by atoms with Crippen molar-refractivity contribution in [1.82, 2.24) is 0 Å². The second-order valence-electron chi connectivity index (χ2n) is 20.7. The second kappa shape index (κ2) is 25.3. The van der Waals surface area contributed by atoms with E-state index in [0.717, 1.165) is 33.6 Å². The molecule has 2 aliphatic rings. The number of phenols is 2. The fourth-order valence-corrected chi connectivity index (χ4v) is 12.1. The number of benzene rings is 10. The first-order valence-corrected chi connectivity index (χ1v) is 26.9. The Bertz CT molecular complexity index is 3400. The van der Waals surface area contributed by atoms with Gasteiger partial charge in [-0.25, -0.2) is 0 Å². The molecule has 0 aliphatic carbocycles. The summed E-state index contributed by atoms with van der Waals surface area (Å²) < 4.78 is 0. The van der Waals surface area contributed by atoms with Crippen LogP contribution in [0.3, 0.4) is 0 Å². The first-order chi connectivity index (χ1) is 38.0. The molecule has 80 heavy (non-hydrogen) atoms. The molecule has 0 spiro atoms. The topological polar surface area (TPSA) is 53.4 Å². The van der Waals surface area contributed by atoms with Crippen LogP contribution in [0.2, 0.25) is 0 Å². The molecule has 0 saturated carbocycles. The minimum atomic E-state index is -0.0549. The van der Waals surface area contributed by atoms with E-state index in [2.05, 4.69) is 256 Å². The van der Waals surface area contributed by atoms with Gasteiger partial charge in [-0.15, -0.1) is 0 Å². The van der Waals surface area contributed by atoms with Crippen molar-refractivity contribution < 1.29 is 55.0 Å². The fraction of sp³-hybridized carbons (Fsp3) is 0.139. The zero-order valence-corrected chi connectivity index (χ0v) is 48.7. The molecule has 2 N–H and O–H groups in total. The number of hydrogen-bond acceptors (Lipinski definition) is 6. The van der Waals surface area contributed by atoms with Gasteiger partial charge in [-0.05, 0) is 110 Å². The van der Waals surface area contributed by atoms with E-state index in [4.69, 9.17) is 0 Å². The molecule has 2 aliphatic heterocycles. The van der Waals surface area contributed by atoms with Gasteiger partial charge < -0.3 is 29.8 Å². The van der Waals surface area contributed by atoms with Crippen molar-refractivity contribution in [3.63, 3.8) is 0 Å². The quantitative estimate of drug-likeness (QED) is 0.133. The van der Waals surface area contributed by atoms with Crippen LogP contribution >= 0.6 is 0 Å². The molecule has 4 atom stereocenters. The van der Waals surface area contributed by atoms with Gasteiger partial charge in [0.2, 0.25) is 13.3 Å². The fourth-order valence-electron chi connectivity index (χ4n) is 12.1. The molecule has 2 saturated heterocycles. The number of nitrogens with zero attached hydrogens (tertiary/aromatic N) is 4. The molecule has 0 unspecified atom stereocenters. The second-order valence-corrected chi connectivity index (χ2v) is 20.7. The molecule has 6 radical (unpaired) electrons. The number of hydrogen-bond donors (Lipinski definition) is 2. The average Bonchev–Trinajstić information content (AvgIpc) is 4.18. The van der Waals surface area contributed by atoms with E-state index in [1.807, 2.05) is 48.5 Å². The van der Waals surface area contributed by atoms with E-state index in [9.17, 15) is 10.2 Å². The maximum atomic E-state index is 10.8. The summed E-state index contributed by atoms with van der Waals surface area (Å²) in [4.78, 5) is 9.21. The van der Waals surface area contributed by atoms with E-state index >= 15 is 0 Å². The van der Waals surface area contributed by atoms with Gasteiger partial charge in [0, 0.05) is 89.8 Å². The Balaban J connectivity index is 0.000000189. The Morgan fingerprint density at radius 3 is 0.812 bits per heavy atom. The third-order valence-corrected chi connectivity index (χ3v) is 15.2. The van der Waals surface area contributed by atoms with Gasteiger partial charge in [-0.3, -0.25) is 0 Å². The van der Waals surface area contributed by atoms with Crippen molar-refractivity contribution in [2.75, 3.05) is 19.6 Å². The molecule has 2 fully saturated rings. The van der Waals surface area contributed by atoms with Crippen LogP contribution in [0.15, 0.2) is 243 Å². The molecule has 12 rings (SSSR count). The normalized spacial score (nSPS) is 16.6. The summed E-state index contributed by atoms with van der Waals surface area (Å²) in [6.45, 7) is 20.7. The van der Waals surface area contributed by atoms with Crippen LogP contribution < -0.4 is 19.6 Å². The van der Waals surface area contributed by atoms with Crippen LogP contribution in [-0.4, -0.2) is 10.2 Å². The van der Waals surface area contributed by atoms with Crippen molar-refractivity contribution in [3.05, 3.63) is 312 Å². The van der Waals surface area contributed by atoms with Crippen LogP contribution in [0.4, 0.5) is 22.7 Å². The number of anilines is 4. The standard InChI is InChI=1S/2C36H32N2O.2Ag/c2*1-25-22-26(2)34(27(3)23-25)38-24-37(32-20-12-10-18-30(32)31-19-11-13-21-33(31)39)35(28-14-6-4-7-15-28)36(38)29-16-8-5-9-17-29;;/h2*4-23,35-36,39H,1-3H3;;/t2*35-,36-;;/m11../s1. The van der Waals surface area contributed by atoms with Gasteiger partial charge >= 0.3 is 0 Å². The minimum Gasteiger partial charge on any atom is -0.507 e. The summed E-state index contributed by atoms with van der Waals surface area (Å²) in [5.74, 6) is 0.532. The summed E-state index contributed by atoms with van der Waals surface area (Å²) in [5, 5.41) is 21.6. The first kappa shape index (κ1) is 57.2. The van der Waals surface area contributed by atoms with Crippen molar-refractivity contribution in [3.8, 4) is 33.8 Å². The average molecular weight is 1230 g/mol. The van der Waals surface area contributed by atoms with Crippen LogP contribution in [0.1, 0.15) is 79.8 Å². The summed E-state index contributed by atoms with van der Waals surface area (Å²) in [7, 11) is 0. The number of rotatable bonds is 10. The Labute approximate surface area is 504 Å². The third kappa shape index (κ3) is 11.4. The van der Waals surface area contributed by atoms with Gasteiger partial charge in [-0.1, -0.05) is 230 Å². The van der Waals surface area contributed by atoms with E-state index in [-0.39, 0.29) is 80.4 Å². The third-order valence-electron chi connectivity index (χ3n) is 15.2. The summed E-state index contributed by atoms with van der Waals surface area (Å²) in [6, 6.07) is 83.4. The Hall–Kier alpha value is -7.52. The molecule has 406 valence electrons. The van der Waals surface area contributed by atoms with Gasteiger partial charge in [0.25, 0.3) is 0 Å². The van der Waals surface area contributed by atoms with Crippen molar-refractivity contribution in [2.45, 2.75) is 65.7 Å². The van der Waals surface area contributed by atoms with Crippen LogP contribution in [-0.2, 0) is 44.8 Å². The van der Waals surface area contributed by atoms with Gasteiger partial charge in [-0.2, -0.15) is 0 Å². The molecule has 0 aromatic heterocycles. The van der Waals surface area contributed by atoms with Gasteiger partial charge in [0.15, 0.2) is 0 Å². The molecular formula is C72H64Ag2N4O2. The minimum absolute atomic E-state index is 0. The molecule has 0 bridgehead atoms. The van der Waals surface area contributed by atoms with Crippen molar-refractivity contribution in [1.29, 1.82) is 0 Å². The Morgan fingerprint density at radius 1 is 0.287 bits per heavy atom. The molecule has 8 heteroatoms. The number of aromatic hydroxyl groups is 2. The van der Waals surface area contributed by atoms with Crippen molar-refractivity contribution in [2.24, 2.45) is 0 Å². The maximum Gasteiger partial charge on any atom is 0.210 e.